The maximum Gasteiger partial charge on any atom is 0.217 e. The monoisotopic (exact) mass is 341 g/mol. The van der Waals surface area contributed by atoms with Crippen LogP contribution in [0.3, 0.4) is 0 Å². The molecule has 4 heterocycles. The first kappa shape index (κ1) is 16.2. The van der Waals surface area contributed by atoms with Crippen LogP contribution in [0.5, 0.6) is 0 Å². The molecule has 0 saturated carbocycles. The van der Waals surface area contributed by atoms with Crippen molar-refractivity contribution >= 4 is 11.5 Å². The number of hydrogen-bond acceptors (Lipinski definition) is 5. The largest absolute Gasteiger partial charge is 0.454 e. The van der Waals surface area contributed by atoms with Crippen LogP contribution in [0.1, 0.15) is 38.4 Å². The SMILES string of the molecule is Cc1ccn2c(NC(C)(C)C)c(-c3ccc(C4OCCO4)o3)nc2c1. The molecule has 0 radical (unpaired) electrons. The molecular formula is C19H23N3O3. The van der Waals surface area contributed by atoms with Gasteiger partial charge in [0.25, 0.3) is 0 Å². The Balaban J connectivity index is 1.81. The highest BCUT2D eigenvalue weighted by Crippen LogP contribution is 2.34. The number of imidazole rings is 1. The minimum atomic E-state index is -0.424. The Morgan fingerprint density at radius 2 is 1.92 bits per heavy atom. The average molecular weight is 341 g/mol. The summed E-state index contributed by atoms with van der Waals surface area (Å²) in [6.45, 7) is 9.61. The second-order valence-electron chi connectivity index (χ2n) is 7.39. The van der Waals surface area contributed by atoms with Gasteiger partial charge in [0.1, 0.15) is 17.2 Å². The van der Waals surface area contributed by atoms with Crippen LogP contribution in [0, 0.1) is 6.92 Å². The quantitative estimate of drug-likeness (QED) is 0.775. The average Bonchev–Trinajstić information content (AvgIpc) is 3.23. The normalized spacial score (nSPS) is 16.0. The van der Waals surface area contributed by atoms with Crippen molar-refractivity contribution in [1.29, 1.82) is 0 Å². The molecule has 132 valence electrons. The first-order valence-electron chi connectivity index (χ1n) is 8.51. The highest BCUT2D eigenvalue weighted by Gasteiger charge is 2.25. The summed E-state index contributed by atoms with van der Waals surface area (Å²) in [6, 6.07) is 7.94. The smallest absolute Gasteiger partial charge is 0.217 e. The van der Waals surface area contributed by atoms with E-state index in [0.717, 1.165) is 17.2 Å². The first-order chi connectivity index (χ1) is 11.9. The standard InChI is InChI=1S/C19H23N3O3/c1-12-7-8-22-15(11-12)20-16(17(22)21-19(2,3)4)13-5-6-14(25-13)18-23-9-10-24-18/h5-8,11,18,21H,9-10H2,1-4H3. The molecule has 1 N–H and O–H groups in total. The molecule has 6 heteroatoms. The number of fused-ring (bicyclic) bond motifs is 1. The molecule has 0 unspecified atom stereocenters. The van der Waals surface area contributed by atoms with E-state index in [1.807, 2.05) is 18.3 Å². The molecule has 1 aliphatic heterocycles. The molecule has 4 rings (SSSR count). The Morgan fingerprint density at radius 3 is 2.64 bits per heavy atom. The number of nitrogens with one attached hydrogen (secondary N) is 1. The van der Waals surface area contributed by atoms with Gasteiger partial charge in [-0.05, 0) is 57.5 Å². The lowest BCUT2D eigenvalue weighted by atomic mass is 10.1. The lowest BCUT2D eigenvalue weighted by Gasteiger charge is -2.22. The van der Waals surface area contributed by atoms with Gasteiger partial charge in [0.2, 0.25) is 6.29 Å². The maximum atomic E-state index is 6.00. The number of pyridine rings is 1. The van der Waals surface area contributed by atoms with E-state index in [1.54, 1.807) is 0 Å². The second kappa shape index (κ2) is 5.89. The Hall–Kier alpha value is -2.31. The van der Waals surface area contributed by atoms with Crippen molar-refractivity contribution in [2.24, 2.45) is 0 Å². The predicted octanol–water partition coefficient (Wildman–Crippen LogP) is 4.16. The number of nitrogens with zero attached hydrogens (tertiary/aromatic N) is 2. The van der Waals surface area contributed by atoms with E-state index in [0.29, 0.717) is 24.7 Å². The minimum Gasteiger partial charge on any atom is -0.454 e. The predicted molar refractivity (Wildman–Crippen MR) is 95.7 cm³/mol. The third kappa shape index (κ3) is 3.15. The first-order valence-corrected chi connectivity index (χ1v) is 8.51. The fraction of sp³-hybridized carbons (Fsp3) is 0.421. The van der Waals surface area contributed by atoms with Crippen molar-refractivity contribution in [2.75, 3.05) is 18.5 Å². The number of ether oxygens (including phenoxy) is 2. The van der Waals surface area contributed by atoms with Crippen molar-refractivity contribution in [1.82, 2.24) is 9.38 Å². The summed E-state index contributed by atoms with van der Waals surface area (Å²) >= 11 is 0. The van der Waals surface area contributed by atoms with Gasteiger partial charge in [-0.1, -0.05) is 0 Å². The third-order valence-corrected chi connectivity index (χ3v) is 3.99. The van der Waals surface area contributed by atoms with Gasteiger partial charge in [-0.3, -0.25) is 4.40 Å². The van der Waals surface area contributed by atoms with Crippen LogP contribution in [-0.4, -0.2) is 28.1 Å². The summed E-state index contributed by atoms with van der Waals surface area (Å²) in [5.74, 6) is 2.28. The molecule has 25 heavy (non-hydrogen) atoms. The van der Waals surface area contributed by atoms with Crippen LogP contribution < -0.4 is 5.32 Å². The Morgan fingerprint density at radius 1 is 1.16 bits per heavy atom. The summed E-state index contributed by atoms with van der Waals surface area (Å²) in [7, 11) is 0. The maximum absolute atomic E-state index is 6.00. The molecule has 0 amide bonds. The fourth-order valence-electron chi connectivity index (χ4n) is 2.92. The van der Waals surface area contributed by atoms with Gasteiger partial charge < -0.3 is 19.2 Å². The molecule has 0 atom stereocenters. The van der Waals surface area contributed by atoms with Gasteiger partial charge in [0.05, 0.1) is 13.2 Å². The number of rotatable bonds is 3. The Kier molecular flexibility index (Phi) is 3.81. The van der Waals surface area contributed by atoms with Crippen LogP contribution in [-0.2, 0) is 9.47 Å². The van der Waals surface area contributed by atoms with E-state index in [-0.39, 0.29) is 5.54 Å². The zero-order valence-corrected chi connectivity index (χ0v) is 15.0. The molecule has 3 aromatic heterocycles. The van der Waals surface area contributed by atoms with E-state index in [9.17, 15) is 0 Å². The van der Waals surface area contributed by atoms with Gasteiger partial charge in [-0.25, -0.2) is 4.98 Å². The zero-order valence-electron chi connectivity index (χ0n) is 15.0. The van der Waals surface area contributed by atoms with Crippen LogP contribution in [0.25, 0.3) is 17.1 Å². The molecule has 0 aliphatic carbocycles. The van der Waals surface area contributed by atoms with E-state index in [2.05, 4.69) is 49.5 Å². The number of aromatic nitrogens is 2. The van der Waals surface area contributed by atoms with Crippen molar-refractivity contribution in [3.63, 3.8) is 0 Å². The highest BCUT2D eigenvalue weighted by molar-refractivity contribution is 5.74. The van der Waals surface area contributed by atoms with E-state index in [1.165, 1.54) is 5.56 Å². The Labute approximate surface area is 146 Å². The van der Waals surface area contributed by atoms with Gasteiger partial charge in [0.15, 0.2) is 11.5 Å². The molecule has 0 bridgehead atoms. The van der Waals surface area contributed by atoms with E-state index < -0.39 is 6.29 Å². The van der Waals surface area contributed by atoms with Crippen molar-refractivity contribution in [3.05, 3.63) is 41.8 Å². The zero-order chi connectivity index (χ0) is 17.6. The lowest BCUT2D eigenvalue weighted by molar-refractivity contribution is -0.0585. The lowest BCUT2D eigenvalue weighted by Crippen LogP contribution is -2.27. The molecule has 0 aromatic carbocycles. The van der Waals surface area contributed by atoms with E-state index >= 15 is 0 Å². The summed E-state index contributed by atoms with van der Waals surface area (Å²) < 4.78 is 19.1. The molecular weight excluding hydrogens is 318 g/mol. The van der Waals surface area contributed by atoms with Gasteiger partial charge >= 0.3 is 0 Å². The van der Waals surface area contributed by atoms with Crippen LogP contribution in [0.4, 0.5) is 5.82 Å². The van der Waals surface area contributed by atoms with Crippen molar-refractivity contribution in [3.8, 4) is 11.5 Å². The van der Waals surface area contributed by atoms with Crippen LogP contribution in [0.2, 0.25) is 0 Å². The highest BCUT2D eigenvalue weighted by atomic mass is 16.7. The molecule has 6 nitrogen and oxygen atoms in total. The number of furan rings is 1. The van der Waals surface area contributed by atoms with Crippen LogP contribution >= 0.6 is 0 Å². The fourth-order valence-corrected chi connectivity index (χ4v) is 2.92. The van der Waals surface area contributed by atoms with Crippen molar-refractivity contribution in [2.45, 2.75) is 39.5 Å². The minimum absolute atomic E-state index is 0.108. The number of hydrogen-bond donors (Lipinski definition) is 1. The number of aryl methyl sites for hydroxylation is 1. The van der Waals surface area contributed by atoms with Gasteiger partial charge in [-0.15, -0.1) is 0 Å². The molecule has 1 fully saturated rings. The summed E-state index contributed by atoms with van der Waals surface area (Å²) in [5, 5.41) is 3.55. The summed E-state index contributed by atoms with van der Waals surface area (Å²) in [4.78, 5) is 4.79. The number of anilines is 1. The van der Waals surface area contributed by atoms with Crippen LogP contribution in [0.15, 0.2) is 34.9 Å². The molecule has 3 aromatic rings. The van der Waals surface area contributed by atoms with E-state index in [4.69, 9.17) is 18.9 Å². The van der Waals surface area contributed by atoms with Gasteiger partial charge in [0, 0.05) is 11.7 Å². The third-order valence-electron chi connectivity index (χ3n) is 3.99. The Bertz CT molecular complexity index is 898. The molecule has 1 aliphatic rings. The van der Waals surface area contributed by atoms with Crippen molar-refractivity contribution < 1.29 is 13.9 Å². The molecule has 0 spiro atoms. The summed E-state index contributed by atoms with van der Waals surface area (Å²) in [5.41, 5.74) is 2.72. The second-order valence-corrected chi connectivity index (χ2v) is 7.39. The topological polar surface area (TPSA) is 60.9 Å². The molecule has 1 saturated heterocycles. The summed E-state index contributed by atoms with van der Waals surface area (Å²) in [6.07, 6.45) is 1.61. The van der Waals surface area contributed by atoms with Gasteiger partial charge in [-0.2, -0.15) is 0 Å².